The fourth-order valence-electron chi connectivity index (χ4n) is 7.97. The molecule has 0 bridgehead atoms. The SMILES string of the molecule is N#Cc1ncc(-c2ccc(-n3c4ccc(-c5nc(-c6ccccc6)nc(-c6ccccc6)n5)cc4c4cc(-c5nc(-c6ccccc6)nc(-c6ccccc6)n5)ccc43)c(C#N)c2)cn1. The first-order valence-electron chi connectivity index (χ1n) is 20.7. The molecule has 11 rings (SSSR count). The van der Waals surface area contributed by atoms with Gasteiger partial charge in [-0.05, 0) is 54.1 Å². The maximum atomic E-state index is 10.7. The third kappa shape index (κ3) is 7.27. The van der Waals surface area contributed by atoms with Gasteiger partial charge in [-0.1, -0.05) is 127 Å². The van der Waals surface area contributed by atoms with Gasteiger partial charge in [-0.3, -0.25) is 0 Å². The van der Waals surface area contributed by atoms with Gasteiger partial charge in [0.25, 0.3) is 0 Å². The average molecular weight is 834 g/mol. The minimum atomic E-state index is 0.0735. The molecule has 0 atom stereocenters. The molecule has 0 aliphatic heterocycles. The van der Waals surface area contributed by atoms with Gasteiger partial charge in [0, 0.05) is 62.1 Å². The van der Waals surface area contributed by atoms with Crippen LogP contribution in [0.2, 0.25) is 0 Å². The summed E-state index contributed by atoms with van der Waals surface area (Å²) in [7, 11) is 0. The fourth-order valence-corrected chi connectivity index (χ4v) is 7.97. The molecule has 7 aromatic carbocycles. The highest BCUT2D eigenvalue weighted by molar-refractivity contribution is 6.11. The lowest BCUT2D eigenvalue weighted by atomic mass is 10.0. The molecule has 4 aromatic heterocycles. The van der Waals surface area contributed by atoms with Gasteiger partial charge in [-0.15, -0.1) is 0 Å². The Balaban J connectivity index is 1.14. The van der Waals surface area contributed by atoms with Crippen LogP contribution in [-0.4, -0.2) is 44.4 Å². The summed E-state index contributed by atoms with van der Waals surface area (Å²) in [5.41, 5.74) is 9.34. The molecule has 0 spiro atoms. The van der Waals surface area contributed by atoms with Crippen molar-refractivity contribution >= 4 is 21.8 Å². The molecular weight excluding hydrogens is 803 g/mol. The molecule has 0 saturated heterocycles. The van der Waals surface area contributed by atoms with Crippen molar-refractivity contribution in [2.24, 2.45) is 0 Å². The Morgan fingerprint density at radius 3 is 1.08 bits per heavy atom. The minimum absolute atomic E-state index is 0.0735. The van der Waals surface area contributed by atoms with E-state index >= 15 is 0 Å². The van der Waals surface area contributed by atoms with E-state index in [-0.39, 0.29) is 5.82 Å². The molecule has 0 saturated carbocycles. The highest BCUT2D eigenvalue weighted by Crippen LogP contribution is 2.39. The first kappa shape index (κ1) is 38.3. The Labute approximate surface area is 372 Å². The summed E-state index contributed by atoms with van der Waals surface area (Å²) in [5.74, 6) is 3.34. The van der Waals surface area contributed by atoms with E-state index in [4.69, 9.17) is 29.9 Å². The Bertz CT molecular complexity index is 3360. The molecular formula is C54H31N11. The summed E-state index contributed by atoms with van der Waals surface area (Å²) < 4.78 is 2.10. The Hall–Kier alpha value is -9.58. The van der Waals surface area contributed by atoms with Gasteiger partial charge in [0.15, 0.2) is 34.9 Å². The normalized spacial score (nSPS) is 11.0. The number of rotatable bonds is 8. The summed E-state index contributed by atoms with van der Waals surface area (Å²) in [6.07, 6.45) is 3.18. The maximum Gasteiger partial charge on any atom is 0.232 e. The van der Waals surface area contributed by atoms with E-state index in [2.05, 4.69) is 32.7 Å². The predicted molar refractivity (Wildman–Crippen MR) is 251 cm³/mol. The first-order valence-corrected chi connectivity index (χ1v) is 20.7. The van der Waals surface area contributed by atoms with E-state index in [0.29, 0.717) is 51.8 Å². The third-order valence-corrected chi connectivity index (χ3v) is 11.1. The summed E-state index contributed by atoms with van der Waals surface area (Å²) in [4.78, 5) is 38.3. The number of nitriles is 2. The molecule has 4 heterocycles. The zero-order valence-electron chi connectivity index (χ0n) is 34.3. The lowest BCUT2D eigenvalue weighted by Crippen LogP contribution is -2.01. The molecule has 11 heteroatoms. The molecule has 11 aromatic rings. The molecule has 0 aliphatic carbocycles. The third-order valence-electron chi connectivity index (χ3n) is 11.1. The van der Waals surface area contributed by atoms with E-state index in [0.717, 1.165) is 60.8 Å². The first-order chi connectivity index (χ1) is 32.1. The van der Waals surface area contributed by atoms with E-state index in [1.807, 2.05) is 170 Å². The zero-order chi connectivity index (χ0) is 43.7. The van der Waals surface area contributed by atoms with Crippen LogP contribution in [0.4, 0.5) is 0 Å². The monoisotopic (exact) mass is 833 g/mol. The van der Waals surface area contributed by atoms with Crippen LogP contribution in [0.3, 0.4) is 0 Å². The lowest BCUT2D eigenvalue weighted by molar-refractivity contribution is 1.07. The topological polar surface area (TPSA) is 156 Å². The van der Waals surface area contributed by atoms with E-state index < -0.39 is 0 Å². The number of hydrogen-bond acceptors (Lipinski definition) is 10. The van der Waals surface area contributed by atoms with Gasteiger partial charge >= 0.3 is 0 Å². The Morgan fingerprint density at radius 1 is 0.338 bits per heavy atom. The van der Waals surface area contributed by atoms with Crippen LogP contribution >= 0.6 is 0 Å². The van der Waals surface area contributed by atoms with Crippen LogP contribution in [-0.2, 0) is 0 Å². The van der Waals surface area contributed by atoms with Crippen LogP contribution in [0.5, 0.6) is 0 Å². The van der Waals surface area contributed by atoms with E-state index in [1.54, 1.807) is 12.4 Å². The minimum Gasteiger partial charge on any atom is -0.308 e. The van der Waals surface area contributed by atoms with Crippen LogP contribution in [0.1, 0.15) is 11.4 Å². The van der Waals surface area contributed by atoms with Crippen molar-refractivity contribution in [3.05, 3.63) is 200 Å². The van der Waals surface area contributed by atoms with E-state index in [1.165, 1.54) is 0 Å². The number of aromatic nitrogens is 9. The van der Waals surface area contributed by atoms with Crippen molar-refractivity contribution in [3.63, 3.8) is 0 Å². The van der Waals surface area contributed by atoms with E-state index in [9.17, 15) is 10.5 Å². The largest absolute Gasteiger partial charge is 0.308 e. The predicted octanol–water partition coefficient (Wildman–Crippen LogP) is 11.4. The molecule has 65 heavy (non-hydrogen) atoms. The number of nitrogens with zero attached hydrogens (tertiary/aromatic N) is 11. The van der Waals surface area contributed by atoms with Gasteiger partial charge in [-0.2, -0.15) is 10.5 Å². The van der Waals surface area contributed by atoms with Gasteiger partial charge in [0.2, 0.25) is 5.82 Å². The van der Waals surface area contributed by atoms with Crippen LogP contribution in [0.15, 0.2) is 188 Å². The lowest BCUT2D eigenvalue weighted by Gasteiger charge is -2.12. The number of benzene rings is 7. The molecule has 302 valence electrons. The van der Waals surface area contributed by atoms with Crippen LogP contribution in [0.25, 0.3) is 107 Å². The van der Waals surface area contributed by atoms with Gasteiger partial charge in [-0.25, -0.2) is 39.9 Å². The quantitative estimate of drug-likeness (QED) is 0.144. The summed E-state index contributed by atoms with van der Waals surface area (Å²) in [5, 5.41) is 21.8. The van der Waals surface area contributed by atoms with Crippen LogP contribution < -0.4 is 0 Å². The fraction of sp³-hybridized carbons (Fsp3) is 0. The summed E-state index contributed by atoms with van der Waals surface area (Å²) >= 11 is 0. The molecule has 0 fully saturated rings. The molecule has 0 amide bonds. The molecule has 0 aliphatic rings. The highest BCUT2D eigenvalue weighted by atomic mass is 15.0. The molecule has 0 unspecified atom stereocenters. The smallest absolute Gasteiger partial charge is 0.232 e. The molecule has 11 nitrogen and oxygen atoms in total. The Kier molecular flexibility index (Phi) is 9.65. The summed E-state index contributed by atoms with van der Waals surface area (Å²) in [6, 6.07) is 62.0. The van der Waals surface area contributed by atoms with Crippen molar-refractivity contribution < 1.29 is 0 Å². The number of hydrogen-bond donors (Lipinski definition) is 0. The van der Waals surface area contributed by atoms with Crippen LogP contribution in [0, 0.1) is 22.7 Å². The molecule has 0 radical (unpaired) electrons. The highest BCUT2D eigenvalue weighted by Gasteiger charge is 2.21. The van der Waals surface area contributed by atoms with Crippen molar-refractivity contribution in [1.82, 2.24) is 44.4 Å². The summed E-state index contributed by atoms with van der Waals surface area (Å²) in [6.45, 7) is 0. The standard InChI is InChI=1S/C54H31N11/c55-30-41-27-38(42-32-57-48(31-56)58-33-42)21-24-45(41)65-46-25-22-39(53-61-49(34-13-5-1-6-14-34)59-50(62-53)35-15-7-2-8-16-35)28-43(46)44-29-40(23-26-47(44)65)54-63-51(36-17-9-3-10-18-36)60-52(64-54)37-19-11-4-12-20-37/h1-29,32-33H. The van der Waals surface area contributed by atoms with Crippen molar-refractivity contribution in [1.29, 1.82) is 10.5 Å². The van der Waals surface area contributed by atoms with Crippen molar-refractivity contribution in [3.8, 4) is 97.3 Å². The maximum absolute atomic E-state index is 10.7. The van der Waals surface area contributed by atoms with Crippen molar-refractivity contribution in [2.45, 2.75) is 0 Å². The molecule has 0 N–H and O–H groups in total. The average Bonchev–Trinajstić information content (AvgIpc) is 3.72. The second-order valence-corrected chi connectivity index (χ2v) is 15.1. The second kappa shape index (κ2) is 16.4. The zero-order valence-corrected chi connectivity index (χ0v) is 34.3. The van der Waals surface area contributed by atoms with Gasteiger partial charge < -0.3 is 4.57 Å². The van der Waals surface area contributed by atoms with Gasteiger partial charge in [0.1, 0.15) is 12.1 Å². The van der Waals surface area contributed by atoms with Crippen molar-refractivity contribution in [2.75, 3.05) is 0 Å². The Morgan fingerprint density at radius 2 is 0.708 bits per heavy atom. The number of fused-ring (bicyclic) bond motifs is 3. The second-order valence-electron chi connectivity index (χ2n) is 15.1. The van der Waals surface area contributed by atoms with Gasteiger partial charge in [0.05, 0.1) is 22.3 Å².